The summed E-state index contributed by atoms with van der Waals surface area (Å²) in [5.41, 5.74) is 0. The average Bonchev–Trinajstić information content (AvgIpc) is 2.39. The first kappa shape index (κ1) is 12.2. The van der Waals surface area contributed by atoms with E-state index in [4.69, 9.17) is 5.26 Å². The first-order chi connectivity index (χ1) is 8.20. The van der Waals surface area contributed by atoms with Crippen LogP contribution in [0.5, 0.6) is 0 Å². The molecule has 0 radical (unpaired) electrons. The fourth-order valence-corrected chi connectivity index (χ4v) is 2.60. The molecule has 0 bridgehead atoms. The van der Waals surface area contributed by atoms with Gasteiger partial charge >= 0.3 is 6.03 Å². The average molecular weight is 235 g/mol. The molecule has 0 aliphatic carbocycles. The van der Waals surface area contributed by atoms with Crippen molar-refractivity contribution in [1.82, 2.24) is 9.80 Å². The van der Waals surface area contributed by atoms with Crippen molar-refractivity contribution in [3.63, 3.8) is 0 Å². The lowest BCUT2D eigenvalue weighted by Crippen LogP contribution is -2.49. The standard InChI is InChI=1S/C13H21N3O/c1-11-2-6-15(7-3-11)13(17)16-8-4-12(10-14)5-9-16/h11-12H,2-9H2,1H3. The molecule has 0 aromatic rings. The van der Waals surface area contributed by atoms with Crippen LogP contribution in [0.2, 0.25) is 0 Å². The number of nitrogens with zero attached hydrogens (tertiary/aromatic N) is 3. The zero-order valence-electron chi connectivity index (χ0n) is 10.6. The van der Waals surface area contributed by atoms with E-state index in [9.17, 15) is 4.79 Å². The minimum atomic E-state index is 0.153. The van der Waals surface area contributed by atoms with E-state index in [0.717, 1.165) is 57.8 Å². The summed E-state index contributed by atoms with van der Waals surface area (Å²) in [6.45, 7) is 5.56. The number of amides is 2. The number of carbonyl (C=O) groups excluding carboxylic acids is 1. The van der Waals surface area contributed by atoms with Crippen LogP contribution >= 0.6 is 0 Å². The molecule has 4 nitrogen and oxygen atoms in total. The molecule has 0 spiro atoms. The van der Waals surface area contributed by atoms with Crippen LogP contribution in [0.3, 0.4) is 0 Å². The highest BCUT2D eigenvalue weighted by atomic mass is 16.2. The van der Waals surface area contributed by atoms with Crippen LogP contribution in [0.25, 0.3) is 0 Å². The Balaban J connectivity index is 1.83. The van der Waals surface area contributed by atoms with E-state index < -0.39 is 0 Å². The number of likely N-dealkylation sites (tertiary alicyclic amines) is 2. The number of hydrogen-bond acceptors (Lipinski definition) is 2. The smallest absolute Gasteiger partial charge is 0.319 e. The second-order valence-corrected chi connectivity index (χ2v) is 5.34. The lowest BCUT2D eigenvalue weighted by atomic mass is 9.98. The summed E-state index contributed by atoms with van der Waals surface area (Å²) in [6.07, 6.45) is 3.93. The van der Waals surface area contributed by atoms with E-state index in [-0.39, 0.29) is 11.9 Å². The molecule has 17 heavy (non-hydrogen) atoms. The number of rotatable bonds is 0. The molecule has 2 saturated heterocycles. The number of urea groups is 1. The minimum absolute atomic E-state index is 0.153. The van der Waals surface area contributed by atoms with Crippen molar-refractivity contribution >= 4 is 6.03 Å². The summed E-state index contributed by atoms with van der Waals surface area (Å²) in [5, 5.41) is 8.83. The predicted octanol–water partition coefficient (Wildman–Crippen LogP) is 2.07. The molecule has 2 fully saturated rings. The van der Waals surface area contributed by atoms with Gasteiger partial charge in [0.2, 0.25) is 0 Å². The normalized spacial score (nSPS) is 23.5. The third kappa shape index (κ3) is 2.91. The summed E-state index contributed by atoms with van der Waals surface area (Å²) in [6, 6.07) is 2.49. The molecule has 0 N–H and O–H groups in total. The van der Waals surface area contributed by atoms with Gasteiger partial charge in [-0.2, -0.15) is 5.26 Å². The maximum absolute atomic E-state index is 12.2. The van der Waals surface area contributed by atoms with Crippen LogP contribution in [0.1, 0.15) is 32.6 Å². The summed E-state index contributed by atoms with van der Waals surface area (Å²) in [5.74, 6) is 0.906. The van der Waals surface area contributed by atoms with E-state index in [1.807, 2.05) is 9.80 Å². The first-order valence-electron chi connectivity index (χ1n) is 6.64. The van der Waals surface area contributed by atoms with Gasteiger partial charge in [0, 0.05) is 32.1 Å². The fourth-order valence-electron chi connectivity index (χ4n) is 2.60. The van der Waals surface area contributed by atoms with Crippen molar-refractivity contribution in [2.75, 3.05) is 26.2 Å². The molecule has 2 aliphatic rings. The van der Waals surface area contributed by atoms with Crippen LogP contribution in [-0.4, -0.2) is 42.0 Å². The highest BCUT2D eigenvalue weighted by Gasteiger charge is 2.27. The topological polar surface area (TPSA) is 47.3 Å². The highest BCUT2D eigenvalue weighted by molar-refractivity contribution is 5.74. The van der Waals surface area contributed by atoms with Crippen molar-refractivity contribution in [3.8, 4) is 6.07 Å². The second-order valence-electron chi connectivity index (χ2n) is 5.34. The Hall–Kier alpha value is -1.24. The van der Waals surface area contributed by atoms with Gasteiger partial charge in [-0.05, 0) is 31.6 Å². The van der Waals surface area contributed by atoms with E-state index in [0.29, 0.717) is 0 Å². The van der Waals surface area contributed by atoms with Gasteiger partial charge in [0.05, 0.1) is 6.07 Å². The molecule has 2 aliphatic heterocycles. The van der Waals surface area contributed by atoms with Crippen LogP contribution in [0.15, 0.2) is 0 Å². The van der Waals surface area contributed by atoms with E-state index in [1.165, 1.54) is 0 Å². The molecule has 94 valence electrons. The molecule has 0 saturated carbocycles. The molecule has 0 aromatic carbocycles. The predicted molar refractivity (Wildman–Crippen MR) is 65.3 cm³/mol. The molecule has 4 heteroatoms. The zero-order valence-corrected chi connectivity index (χ0v) is 10.6. The second kappa shape index (κ2) is 5.39. The monoisotopic (exact) mass is 235 g/mol. The lowest BCUT2D eigenvalue weighted by molar-refractivity contribution is 0.122. The SMILES string of the molecule is CC1CCN(C(=O)N2CCC(C#N)CC2)CC1. The van der Waals surface area contributed by atoms with Gasteiger partial charge < -0.3 is 9.80 Å². The van der Waals surface area contributed by atoms with Crippen LogP contribution in [0, 0.1) is 23.2 Å². The molecule has 2 amide bonds. The Bertz CT molecular complexity index is 307. The van der Waals surface area contributed by atoms with Crippen LogP contribution in [0.4, 0.5) is 4.79 Å². The number of piperidine rings is 2. The molecular formula is C13H21N3O. The Morgan fingerprint density at radius 3 is 2.00 bits per heavy atom. The number of hydrogen-bond donors (Lipinski definition) is 0. The summed E-state index contributed by atoms with van der Waals surface area (Å²) < 4.78 is 0. The lowest BCUT2D eigenvalue weighted by Gasteiger charge is -2.37. The maximum atomic E-state index is 12.2. The van der Waals surface area contributed by atoms with Crippen LogP contribution in [-0.2, 0) is 0 Å². The molecule has 0 atom stereocenters. The van der Waals surface area contributed by atoms with Gasteiger partial charge in [0.25, 0.3) is 0 Å². The Morgan fingerprint density at radius 1 is 1.06 bits per heavy atom. The largest absolute Gasteiger partial charge is 0.325 e. The third-order valence-corrected chi connectivity index (χ3v) is 4.00. The molecule has 0 aromatic heterocycles. The molecule has 2 rings (SSSR count). The Labute approximate surface area is 103 Å². The van der Waals surface area contributed by atoms with Gasteiger partial charge in [-0.3, -0.25) is 0 Å². The van der Waals surface area contributed by atoms with Crippen molar-refractivity contribution < 1.29 is 4.79 Å². The molecule has 0 unspecified atom stereocenters. The van der Waals surface area contributed by atoms with Crippen molar-refractivity contribution in [1.29, 1.82) is 5.26 Å². The minimum Gasteiger partial charge on any atom is -0.325 e. The van der Waals surface area contributed by atoms with E-state index in [2.05, 4.69) is 13.0 Å². The fraction of sp³-hybridized carbons (Fsp3) is 0.846. The van der Waals surface area contributed by atoms with Gasteiger partial charge in [-0.1, -0.05) is 6.92 Å². The summed E-state index contributed by atoms with van der Waals surface area (Å²) >= 11 is 0. The van der Waals surface area contributed by atoms with Crippen molar-refractivity contribution in [2.45, 2.75) is 32.6 Å². The highest BCUT2D eigenvalue weighted by Crippen LogP contribution is 2.21. The van der Waals surface area contributed by atoms with Gasteiger partial charge in [0.15, 0.2) is 0 Å². The third-order valence-electron chi connectivity index (χ3n) is 4.00. The van der Waals surface area contributed by atoms with Gasteiger partial charge in [-0.15, -0.1) is 0 Å². The number of nitriles is 1. The van der Waals surface area contributed by atoms with Crippen molar-refractivity contribution in [2.24, 2.45) is 11.8 Å². The molecular weight excluding hydrogens is 214 g/mol. The summed E-state index contributed by atoms with van der Waals surface area (Å²) in [4.78, 5) is 16.1. The quantitative estimate of drug-likeness (QED) is 0.645. The molecule has 2 heterocycles. The van der Waals surface area contributed by atoms with Gasteiger partial charge in [0.1, 0.15) is 0 Å². The zero-order chi connectivity index (χ0) is 12.3. The number of carbonyl (C=O) groups is 1. The first-order valence-corrected chi connectivity index (χ1v) is 6.64. The Kier molecular flexibility index (Phi) is 3.88. The van der Waals surface area contributed by atoms with E-state index in [1.54, 1.807) is 0 Å². The van der Waals surface area contributed by atoms with Gasteiger partial charge in [-0.25, -0.2) is 4.79 Å². The van der Waals surface area contributed by atoms with Crippen molar-refractivity contribution in [3.05, 3.63) is 0 Å². The maximum Gasteiger partial charge on any atom is 0.319 e. The van der Waals surface area contributed by atoms with E-state index >= 15 is 0 Å². The summed E-state index contributed by atoms with van der Waals surface area (Å²) in [7, 11) is 0. The Morgan fingerprint density at radius 2 is 1.53 bits per heavy atom. The van der Waals surface area contributed by atoms with Crippen LogP contribution < -0.4 is 0 Å².